The van der Waals surface area contributed by atoms with Crippen molar-refractivity contribution < 1.29 is 5.11 Å². The first-order valence-corrected chi connectivity index (χ1v) is 7.17. The highest BCUT2D eigenvalue weighted by atomic mass is 16.3. The van der Waals surface area contributed by atoms with E-state index in [1.165, 1.54) is 12.0 Å². The molecule has 4 heteroatoms. The number of hydrogen-bond donors (Lipinski definition) is 2. The van der Waals surface area contributed by atoms with Gasteiger partial charge in [-0.1, -0.05) is 19.9 Å². The molecule has 1 fully saturated rings. The lowest BCUT2D eigenvalue weighted by atomic mass is 10.2. The van der Waals surface area contributed by atoms with Crippen molar-refractivity contribution in [2.75, 3.05) is 31.9 Å². The van der Waals surface area contributed by atoms with Gasteiger partial charge in [0, 0.05) is 25.7 Å². The summed E-state index contributed by atoms with van der Waals surface area (Å²) in [7, 11) is 0. The van der Waals surface area contributed by atoms with Gasteiger partial charge in [0.25, 0.3) is 0 Å². The monoisotopic (exact) mass is 263 g/mol. The largest absolute Gasteiger partial charge is 0.506 e. The van der Waals surface area contributed by atoms with Crippen molar-refractivity contribution in [3.8, 4) is 5.75 Å². The highest BCUT2D eigenvalue weighted by Gasteiger charge is 2.25. The van der Waals surface area contributed by atoms with E-state index < -0.39 is 0 Å². The van der Waals surface area contributed by atoms with Crippen molar-refractivity contribution in [3.63, 3.8) is 0 Å². The fourth-order valence-corrected chi connectivity index (χ4v) is 2.95. The van der Waals surface area contributed by atoms with E-state index >= 15 is 0 Å². The van der Waals surface area contributed by atoms with Gasteiger partial charge in [0.2, 0.25) is 0 Å². The average Bonchev–Trinajstić information content (AvgIpc) is 2.84. The van der Waals surface area contributed by atoms with Crippen LogP contribution in [-0.2, 0) is 6.54 Å². The summed E-state index contributed by atoms with van der Waals surface area (Å²) >= 11 is 0. The number of nitrogen functional groups attached to an aromatic ring is 1. The highest BCUT2D eigenvalue weighted by molar-refractivity contribution is 5.53. The van der Waals surface area contributed by atoms with E-state index in [1.54, 1.807) is 6.07 Å². The van der Waals surface area contributed by atoms with Crippen molar-refractivity contribution in [1.29, 1.82) is 0 Å². The summed E-state index contributed by atoms with van der Waals surface area (Å²) in [6, 6.07) is 6.20. The van der Waals surface area contributed by atoms with Crippen LogP contribution in [0.3, 0.4) is 0 Å². The fraction of sp³-hybridized carbons (Fsp3) is 0.600. The maximum Gasteiger partial charge on any atom is 0.138 e. The van der Waals surface area contributed by atoms with Gasteiger partial charge in [-0.3, -0.25) is 9.80 Å². The van der Waals surface area contributed by atoms with Crippen LogP contribution in [0.5, 0.6) is 5.75 Å². The van der Waals surface area contributed by atoms with Crippen molar-refractivity contribution in [3.05, 3.63) is 23.8 Å². The number of aromatic hydroxyl groups is 1. The number of likely N-dealkylation sites (N-methyl/N-ethyl adjacent to an activating group) is 1. The van der Waals surface area contributed by atoms with Crippen LogP contribution in [0.1, 0.15) is 25.8 Å². The Morgan fingerprint density at radius 2 is 2.11 bits per heavy atom. The summed E-state index contributed by atoms with van der Waals surface area (Å²) in [4.78, 5) is 5.00. The topological polar surface area (TPSA) is 52.7 Å². The molecule has 0 aromatic heterocycles. The van der Waals surface area contributed by atoms with E-state index in [-0.39, 0.29) is 5.75 Å². The zero-order chi connectivity index (χ0) is 13.8. The number of anilines is 1. The fourth-order valence-electron chi connectivity index (χ4n) is 2.95. The molecule has 1 saturated heterocycles. The molecule has 1 aliphatic rings. The summed E-state index contributed by atoms with van der Waals surface area (Å²) in [5, 5.41) is 9.44. The number of phenolic OH excluding ortho intramolecular Hbond substituents is 1. The molecule has 0 spiro atoms. The molecule has 0 saturated carbocycles. The SMILES string of the molecule is CCN(CC)C1CCN(Cc2ccc(O)c(N)c2)C1. The predicted octanol–water partition coefficient (Wildman–Crippen LogP) is 1.89. The molecular weight excluding hydrogens is 238 g/mol. The highest BCUT2D eigenvalue weighted by Crippen LogP contribution is 2.23. The number of nitrogens with zero attached hydrogens (tertiary/aromatic N) is 2. The van der Waals surface area contributed by atoms with Gasteiger partial charge in [-0.25, -0.2) is 0 Å². The van der Waals surface area contributed by atoms with Gasteiger partial charge >= 0.3 is 0 Å². The minimum Gasteiger partial charge on any atom is -0.506 e. The molecule has 1 atom stereocenters. The molecule has 1 unspecified atom stereocenters. The molecule has 3 N–H and O–H groups in total. The Kier molecular flexibility index (Phi) is 4.66. The third kappa shape index (κ3) is 3.39. The molecule has 1 aliphatic heterocycles. The second-order valence-corrected chi connectivity index (χ2v) is 5.29. The Bertz CT molecular complexity index is 418. The Balaban J connectivity index is 1.92. The van der Waals surface area contributed by atoms with Gasteiger partial charge in [-0.2, -0.15) is 0 Å². The second-order valence-electron chi connectivity index (χ2n) is 5.29. The molecule has 2 rings (SSSR count). The van der Waals surface area contributed by atoms with E-state index in [0.717, 1.165) is 32.7 Å². The maximum absolute atomic E-state index is 9.44. The molecule has 0 aliphatic carbocycles. The smallest absolute Gasteiger partial charge is 0.138 e. The number of likely N-dealkylation sites (tertiary alicyclic amines) is 1. The summed E-state index contributed by atoms with van der Waals surface area (Å²) in [6.45, 7) is 9.90. The summed E-state index contributed by atoms with van der Waals surface area (Å²) in [5.74, 6) is 0.172. The van der Waals surface area contributed by atoms with E-state index in [2.05, 4.69) is 23.6 Å². The number of nitrogens with two attached hydrogens (primary N) is 1. The van der Waals surface area contributed by atoms with Gasteiger partial charge in [0.15, 0.2) is 0 Å². The van der Waals surface area contributed by atoms with E-state index in [1.807, 2.05) is 12.1 Å². The minimum atomic E-state index is 0.172. The van der Waals surface area contributed by atoms with Gasteiger partial charge in [0.1, 0.15) is 5.75 Å². The number of hydrogen-bond acceptors (Lipinski definition) is 4. The summed E-state index contributed by atoms with van der Waals surface area (Å²) in [6.07, 6.45) is 1.25. The molecule has 1 aromatic rings. The Hall–Kier alpha value is -1.26. The quantitative estimate of drug-likeness (QED) is 0.629. The van der Waals surface area contributed by atoms with Gasteiger partial charge in [-0.05, 0) is 37.2 Å². The summed E-state index contributed by atoms with van der Waals surface area (Å²) in [5.41, 5.74) is 7.38. The van der Waals surface area contributed by atoms with Crippen molar-refractivity contribution >= 4 is 5.69 Å². The van der Waals surface area contributed by atoms with Crippen LogP contribution in [0.2, 0.25) is 0 Å². The third-order valence-electron chi connectivity index (χ3n) is 4.07. The normalized spacial score (nSPS) is 20.3. The zero-order valence-corrected chi connectivity index (χ0v) is 12.0. The minimum absolute atomic E-state index is 0.172. The third-order valence-corrected chi connectivity index (χ3v) is 4.07. The molecule has 1 heterocycles. The van der Waals surface area contributed by atoms with Crippen LogP contribution in [0.25, 0.3) is 0 Å². The average molecular weight is 263 g/mol. The second kappa shape index (κ2) is 6.26. The molecule has 106 valence electrons. The maximum atomic E-state index is 9.44. The zero-order valence-electron chi connectivity index (χ0n) is 12.0. The van der Waals surface area contributed by atoms with E-state index in [0.29, 0.717) is 11.7 Å². The van der Waals surface area contributed by atoms with Crippen LogP contribution in [0.15, 0.2) is 18.2 Å². The van der Waals surface area contributed by atoms with E-state index in [9.17, 15) is 5.11 Å². The lowest BCUT2D eigenvalue weighted by molar-refractivity contribution is 0.209. The van der Waals surface area contributed by atoms with Gasteiger partial charge < -0.3 is 10.8 Å². The van der Waals surface area contributed by atoms with Crippen molar-refractivity contribution in [1.82, 2.24) is 9.80 Å². The Morgan fingerprint density at radius 3 is 2.74 bits per heavy atom. The first-order chi connectivity index (χ1) is 9.13. The number of rotatable bonds is 5. The summed E-state index contributed by atoms with van der Waals surface area (Å²) < 4.78 is 0. The molecule has 0 bridgehead atoms. The van der Waals surface area contributed by atoms with Gasteiger partial charge in [-0.15, -0.1) is 0 Å². The molecule has 0 amide bonds. The Morgan fingerprint density at radius 1 is 1.37 bits per heavy atom. The van der Waals surface area contributed by atoms with Crippen molar-refractivity contribution in [2.45, 2.75) is 32.9 Å². The first-order valence-electron chi connectivity index (χ1n) is 7.17. The lowest BCUT2D eigenvalue weighted by Gasteiger charge is -2.26. The molecule has 1 aromatic carbocycles. The molecule has 19 heavy (non-hydrogen) atoms. The van der Waals surface area contributed by atoms with Crippen LogP contribution in [0, 0.1) is 0 Å². The number of benzene rings is 1. The lowest BCUT2D eigenvalue weighted by Crippen LogP contribution is -2.37. The molecule has 0 radical (unpaired) electrons. The van der Waals surface area contributed by atoms with Crippen LogP contribution >= 0.6 is 0 Å². The molecular formula is C15H25N3O. The van der Waals surface area contributed by atoms with Crippen LogP contribution in [0.4, 0.5) is 5.69 Å². The van der Waals surface area contributed by atoms with Gasteiger partial charge in [0.05, 0.1) is 5.69 Å². The van der Waals surface area contributed by atoms with Crippen molar-refractivity contribution in [2.24, 2.45) is 0 Å². The van der Waals surface area contributed by atoms with E-state index in [4.69, 9.17) is 5.73 Å². The number of phenols is 1. The van der Waals surface area contributed by atoms with Crippen LogP contribution in [-0.4, -0.2) is 47.1 Å². The molecule has 4 nitrogen and oxygen atoms in total. The first kappa shape index (κ1) is 14.2. The standard InChI is InChI=1S/C15H25N3O/c1-3-18(4-2)13-7-8-17(11-13)10-12-5-6-15(19)14(16)9-12/h5-6,9,13,19H,3-4,7-8,10-11,16H2,1-2H3. The predicted molar refractivity (Wildman–Crippen MR) is 79.1 cm³/mol. The van der Waals surface area contributed by atoms with Crippen LogP contribution < -0.4 is 5.73 Å². The Labute approximate surface area is 115 Å².